The van der Waals surface area contributed by atoms with E-state index < -0.39 is 0 Å². The molecule has 1 aliphatic rings. The summed E-state index contributed by atoms with van der Waals surface area (Å²) >= 11 is 0. The van der Waals surface area contributed by atoms with Gasteiger partial charge in [0.05, 0.1) is 0 Å². The molecule has 2 heteroatoms. The van der Waals surface area contributed by atoms with Crippen molar-refractivity contribution in [1.82, 2.24) is 4.90 Å². The summed E-state index contributed by atoms with van der Waals surface area (Å²) in [6.45, 7) is 12.1. The van der Waals surface area contributed by atoms with Crippen LogP contribution in [-0.2, 0) is 0 Å². The van der Waals surface area contributed by atoms with Gasteiger partial charge in [0.1, 0.15) is 0 Å². The first-order valence-electron chi connectivity index (χ1n) is 5.35. The van der Waals surface area contributed by atoms with E-state index in [2.05, 4.69) is 25.3 Å². The summed E-state index contributed by atoms with van der Waals surface area (Å²) in [4.78, 5) is 2.61. The van der Waals surface area contributed by atoms with Crippen molar-refractivity contribution in [3.05, 3.63) is 0 Å². The average Bonchev–Trinajstić information content (AvgIpc) is 2.58. The first kappa shape index (κ1) is 12.4. The van der Waals surface area contributed by atoms with Gasteiger partial charge in [-0.2, -0.15) is 0 Å². The summed E-state index contributed by atoms with van der Waals surface area (Å²) < 4.78 is 0. The Labute approximate surface area is 82.5 Å². The minimum Gasteiger partial charge on any atom is -0.303 e. The van der Waals surface area contributed by atoms with Crippen LogP contribution in [0.25, 0.3) is 0 Å². The fourth-order valence-corrected chi connectivity index (χ4v) is 2.08. The van der Waals surface area contributed by atoms with E-state index in [1.165, 1.54) is 45.3 Å². The second-order valence-corrected chi connectivity index (χ2v) is 3.74. The van der Waals surface area contributed by atoms with Gasteiger partial charge in [-0.1, -0.05) is 20.3 Å². The molecule has 1 aliphatic heterocycles. The van der Waals surface area contributed by atoms with E-state index in [0.29, 0.717) is 0 Å². The van der Waals surface area contributed by atoms with Crippen LogP contribution in [0, 0.1) is 17.8 Å². The molecule has 1 heterocycles. The maximum Gasteiger partial charge on any atom is 0.0462 e. The lowest BCUT2D eigenvalue weighted by Gasteiger charge is -2.13. The molecule has 0 aromatic rings. The minimum atomic E-state index is 1.02. The Hall–Kier alpha value is -0.550. The van der Waals surface area contributed by atoms with Gasteiger partial charge >= 0.3 is 0 Å². The normalized spacial score (nSPS) is 22.3. The number of hydrogen-bond acceptors (Lipinski definition) is 2. The van der Waals surface area contributed by atoms with Crippen molar-refractivity contribution in [3.63, 3.8) is 0 Å². The van der Waals surface area contributed by atoms with Crippen LogP contribution < -0.4 is 0 Å². The fraction of sp³-hybridized carbons (Fsp3) is 0.909. The quantitative estimate of drug-likeness (QED) is 0.668. The first-order valence-corrected chi connectivity index (χ1v) is 5.35. The van der Waals surface area contributed by atoms with Crippen molar-refractivity contribution in [3.8, 4) is 6.57 Å². The maximum atomic E-state index is 6.50. The van der Waals surface area contributed by atoms with Crippen LogP contribution in [0.5, 0.6) is 0 Å². The lowest BCUT2D eigenvalue weighted by atomic mass is 10.0. The molecular formula is C11H22N2. The highest BCUT2D eigenvalue weighted by molar-refractivity contribution is 4.74. The zero-order valence-corrected chi connectivity index (χ0v) is 9.00. The Balaban J connectivity index is 0.000000671. The third-order valence-corrected chi connectivity index (χ3v) is 2.61. The molecule has 0 N–H and O–H groups in total. The van der Waals surface area contributed by atoms with E-state index in [-0.39, 0.29) is 0 Å². The van der Waals surface area contributed by atoms with Crippen molar-refractivity contribution in [1.29, 1.82) is 5.26 Å². The van der Waals surface area contributed by atoms with Gasteiger partial charge in [-0.25, -0.2) is 5.26 Å². The Morgan fingerprint density at radius 2 is 2.00 bits per heavy atom. The lowest BCUT2D eigenvalue weighted by molar-refractivity contribution is 0.321. The third kappa shape index (κ3) is 4.90. The standard InChI is InChI=1S/C10H21N.CHN/c1-3-5-10-6-8-11(9-10)7-4-2;1-2/h10H,3-9H2,1-2H3;1H. The molecule has 1 unspecified atom stereocenters. The van der Waals surface area contributed by atoms with Gasteiger partial charge in [0, 0.05) is 13.1 Å². The molecular weight excluding hydrogens is 160 g/mol. The highest BCUT2D eigenvalue weighted by atomic mass is 15.1. The van der Waals surface area contributed by atoms with Gasteiger partial charge in [-0.15, -0.1) is 0 Å². The van der Waals surface area contributed by atoms with E-state index in [4.69, 9.17) is 5.26 Å². The number of rotatable bonds is 4. The SMILES string of the molecule is C#N.CCCC1CCN(CCC)C1. The van der Waals surface area contributed by atoms with Gasteiger partial charge in [0.25, 0.3) is 0 Å². The monoisotopic (exact) mass is 182 g/mol. The first-order chi connectivity index (χ1) is 6.36. The number of nitriles is 1. The Morgan fingerprint density at radius 3 is 2.54 bits per heavy atom. The lowest BCUT2D eigenvalue weighted by Crippen LogP contribution is -2.21. The Bertz CT molecular complexity index is 119. The molecule has 1 atom stereocenters. The molecule has 0 bridgehead atoms. The summed E-state index contributed by atoms with van der Waals surface area (Å²) in [6, 6.07) is 0. The molecule has 0 saturated carbocycles. The Kier molecular flexibility index (Phi) is 7.73. The van der Waals surface area contributed by atoms with Crippen molar-refractivity contribution in [2.24, 2.45) is 5.92 Å². The van der Waals surface area contributed by atoms with Crippen LogP contribution in [0.15, 0.2) is 0 Å². The van der Waals surface area contributed by atoms with Crippen LogP contribution in [-0.4, -0.2) is 24.5 Å². The Morgan fingerprint density at radius 1 is 1.31 bits per heavy atom. The zero-order valence-electron chi connectivity index (χ0n) is 9.00. The number of hydrogen-bond donors (Lipinski definition) is 0. The summed E-state index contributed by atoms with van der Waals surface area (Å²) in [6.07, 6.45) is 5.58. The second kappa shape index (κ2) is 8.07. The summed E-state index contributed by atoms with van der Waals surface area (Å²) in [5.41, 5.74) is 0. The molecule has 76 valence electrons. The molecule has 0 aliphatic carbocycles. The predicted octanol–water partition coefficient (Wildman–Crippen LogP) is 2.66. The van der Waals surface area contributed by atoms with Crippen LogP contribution in [0.2, 0.25) is 0 Å². The van der Waals surface area contributed by atoms with Crippen molar-refractivity contribution in [2.45, 2.75) is 39.5 Å². The molecule has 0 amide bonds. The van der Waals surface area contributed by atoms with Crippen LogP contribution in [0.3, 0.4) is 0 Å². The van der Waals surface area contributed by atoms with Crippen LogP contribution in [0.1, 0.15) is 39.5 Å². The highest BCUT2D eigenvalue weighted by Crippen LogP contribution is 2.20. The second-order valence-electron chi connectivity index (χ2n) is 3.74. The van der Waals surface area contributed by atoms with Gasteiger partial charge in [-0.05, 0) is 38.3 Å². The maximum absolute atomic E-state index is 6.50. The van der Waals surface area contributed by atoms with Crippen molar-refractivity contribution >= 4 is 0 Å². The molecule has 0 spiro atoms. The highest BCUT2D eigenvalue weighted by Gasteiger charge is 2.20. The molecule has 1 rings (SSSR count). The molecule has 1 saturated heterocycles. The average molecular weight is 182 g/mol. The van der Waals surface area contributed by atoms with E-state index >= 15 is 0 Å². The van der Waals surface area contributed by atoms with E-state index in [1.54, 1.807) is 0 Å². The van der Waals surface area contributed by atoms with E-state index in [9.17, 15) is 0 Å². The van der Waals surface area contributed by atoms with E-state index in [0.717, 1.165) is 5.92 Å². The summed E-state index contributed by atoms with van der Waals surface area (Å²) in [7, 11) is 0. The predicted molar refractivity (Wildman–Crippen MR) is 56.4 cm³/mol. The van der Waals surface area contributed by atoms with Gasteiger partial charge in [0.2, 0.25) is 0 Å². The number of nitrogens with zero attached hydrogens (tertiary/aromatic N) is 2. The molecule has 0 aromatic heterocycles. The fourth-order valence-electron chi connectivity index (χ4n) is 2.08. The number of likely N-dealkylation sites (tertiary alicyclic amines) is 1. The topological polar surface area (TPSA) is 27.0 Å². The third-order valence-electron chi connectivity index (χ3n) is 2.61. The van der Waals surface area contributed by atoms with Crippen molar-refractivity contribution in [2.75, 3.05) is 19.6 Å². The van der Waals surface area contributed by atoms with Gasteiger partial charge < -0.3 is 4.90 Å². The van der Waals surface area contributed by atoms with Crippen molar-refractivity contribution < 1.29 is 0 Å². The smallest absolute Gasteiger partial charge is 0.0462 e. The van der Waals surface area contributed by atoms with Crippen LogP contribution >= 0.6 is 0 Å². The molecule has 1 fully saturated rings. The molecule has 13 heavy (non-hydrogen) atoms. The zero-order chi connectivity index (χ0) is 10.1. The summed E-state index contributed by atoms with van der Waals surface area (Å²) in [5, 5.41) is 6.50. The van der Waals surface area contributed by atoms with Gasteiger partial charge in [0.15, 0.2) is 0 Å². The van der Waals surface area contributed by atoms with Crippen LogP contribution in [0.4, 0.5) is 0 Å². The molecule has 0 aromatic carbocycles. The molecule has 2 nitrogen and oxygen atoms in total. The summed E-state index contributed by atoms with van der Waals surface area (Å²) in [5.74, 6) is 1.02. The van der Waals surface area contributed by atoms with Gasteiger partial charge in [-0.3, -0.25) is 0 Å². The van der Waals surface area contributed by atoms with E-state index in [1.807, 2.05) is 0 Å². The minimum absolute atomic E-state index is 1.02. The molecule has 0 radical (unpaired) electrons. The largest absolute Gasteiger partial charge is 0.303 e.